The first kappa shape index (κ1) is 10.6. The zero-order valence-electron chi connectivity index (χ0n) is 9.79. The van der Waals surface area contributed by atoms with E-state index in [4.69, 9.17) is 0 Å². The van der Waals surface area contributed by atoms with Gasteiger partial charge in [0.15, 0.2) is 0 Å². The Labute approximate surface area is 101 Å². The monoisotopic (exact) mass is 231 g/mol. The van der Waals surface area contributed by atoms with E-state index in [0.29, 0.717) is 0 Å². The minimum absolute atomic E-state index is 0.227. The minimum atomic E-state index is 0.227. The Morgan fingerprint density at radius 1 is 1.35 bits per heavy atom. The zero-order chi connectivity index (χ0) is 11.7. The number of aromatic nitrogens is 2. The van der Waals surface area contributed by atoms with Gasteiger partial charge in [-0.25, -0.2) is 4.98 Å². The van der Waals surface area contributed by atoms with Gasteiger partial charge in [0, 0.05) is 18.9 Å². The molecule has 0 aliphatic carbocycles. The lowest BCUT2D eigenvalue weighted by Crippen LogP contribution is -2.42. The average molecular weight is 231 g/mol. The molecule has 90 valence electrons. The first-order valence-electron chi connectivity index (χ1n) is 6.20. The number of aliphatic hydroxyl groups is 1. The second-order valence-electron chi connectivity index (χ2n) is 4.56. The van der Waals surface area contributed by atoms with Crippen molar-refractivity contribution in [2.75, 3.05) is 18.1 Å². The van der Waals surface area contributed by atoms with Crippen molar-refractivity contribution in [3.8, 4) is 0 Å². The molecule has 4 heteroatoms. The van der Waals surface area contributed by atoms with Crippen molar-refractivity contribution in [2.45, 2.75) is 25.3 Å². The highest BCUT2D eigenvalue weighted by atomic mass is 16.3. The molecule has 1 saturated heterocycles. The summed E-state index contributed by atoms with van der Waals surface area (Å²) in [5.74, 6) is 1.14. The molecule has 4 nitrogen and oxygen atoms in total. The van der Waals surface area contributed by atoms with Crippen molar-refractivity contribution in [1.29, 1.82) is 0 Å². The molecular weight excluding hydrogens is 214 g/mol. The molecule has 1 N–H and O–H groups in total. The van der Waals surface area contributed by atoms with Crippen LogP contribution in [0, 0.1) is 0 Å². The highest BCUT2D eigenvalue weighted by Gasteiger charge is 2.23. The van der Waals surface area contributed by atoms with Gasteiger partial charge < -0.3 is 10.0 Å². The van der Waals surface area contributed by atoms with E-state index in [2.05, 4.69) is 20.4 Å². The van der Waals surface area contributed by atoms with Gasteiger partial charge in [-0.15, -0.1) is 0 Å². The fraction of sp³-hybridized carbons (Fsp3) is 0.462. The summed E-state index contributed by atoms with van der Waals surface area (Å²) in [6.07, 6.45) is 7.27. The van der Waals surface area contributed by atoms with Crippen molar-refractivity contribution in [1.82, 2.24) is 9.38 Å². The molecule has 1 atom stereocenters. The van der Waals surface area contributed by atoms with Crippen LogP contribution in [0.15, 0.2) is 30.6 Å². The summed E-state index contributed by atoms with van der Waals surface area (Å²) in [5, 5.41) is 9.48. The fourth-order valence-corrected chi connectivity index (χ4v) is 2.66. The highest BCUT2D eigenvalue weighted by molar-refractivity contribution is 5.52. The molecule has 0 bridgehead atoms. The van der Waals surface area contributed by atoms with E-state index in [1.807, 2.05) is 24.5 Å². The molecule has 17 heavy (non-hydrogen) atoms. The lowest BCUT2D eigenvalue weighted by molar-refractivity contribution is 0.239. The predicted molar refractivity (Wildman–Crippen MR) is 67.3 cm³/mol. The number of hydrogen-bond donors (Lipinski definition) is 1. The van der Waals surface area contributed by atoms with Gasteiger partial charge in [0.1, 0.15) is 11.5 Å². The van der Waals surface area contributed by atoms with Crippen LogP contribution in [0.4, 0.5) is 5.82 Å². The number of imidazole rings is 1. The van der Waals surface area contributed by atoms with Crippen LogP contribution in [0.3, 0.4) is 0 Å². The van der Waals surface area contributed by atoms with Gasteiger partial charge in [-0.1, -0.05) is 6.07 Å². The van der Waals surface area contributed by atoms with Gasteiger partial charge in [-0.3, -0.25) is 4.40 Å². The van der Waals surface area contributed by atoms with Crippen molar-refractivity contribution < 1.29 is 5.11 Å². The standard InChI is InChI=1S/C13H17N3O/c17-10-11-4-1-2-8-15(11)13-6-3-5-12-14-7-9-16(12)13/h3,5-7,9,11,17H,1-2,4,8,10H2. The predicted octanol–water partition coefficient (Wildman–Crippen LogP) is 1.69. The lowest BCUT2D eigenvalue weighted by atomic mass is 10.0. The van der Waals surface area contributed by atoms with Crippen molar-refractivity contribution in [3.05, 3.63) is 30.6 Å². The molecule has 0 saturated carbocycles. The molecule has 1 aliphatic heterocycles. The largest absolute Gasteiger partial charge is 0.394 e. The number of piperidine rings is 1. The SMILES string of the molecule is OCC1CCCCN1c1cccc2nccn12. The van der Waals surface area contributed by atoms with Crippen LogP contribution in [-0.2, 0) is 0 Å². The number of anilines is 1. The van der Waals surface area contributed by atoms with Gasteiger partial charge in [0.05, 0.1) is 12.6 Å². The Bertz CT molecular complexity index is 508. The number of fused-ring (bicyclic) bond motifs is 1. The van der Waals surface area contributed by atoms with E-state index in [1.165, 1.54) is 12.8 Å². The second kappa shape index (κ2) is 4.37. The summed E-state index contributed by atoms with van der Waals surface area (Å²) in [6.45, 7) is 1.24. The van der Waals surface area contributed by atoms with Crippen molar-refractivity contribution >= 4 is 11.5 Å². The molecular formula is C13H17N3O. The Morgan fingerprint density at radius 3 is 3.18 bits per heavy atom. The Balaban J connectivity index is 2.04. The van der Waals surface area contributed by atoms with E-state index in [1.54, 1.807) is 0 Å². The molecule has 1 fully saturated rings. The van der Waals surface area contributed by atoms with E-state index in [9.17, 15) is 5.11 Å². The third-order valence-corrected chi connectivity index (χ3v) is 3.54. The summed E-state index contributed by atoms with van der Waals surface area (Å²) in [6, 6.07) is 6.38. The van der Waals surface area contributed by atoms with E-state index < -0.39 is 0 Å². The van der Waals surface area contributed by atoms with Gasteiger partial charge >= 0.3 is 0 Å². The number of nitrogens with zero attached hydrogens (tertiary/aromatic N) is 3. The normalized spacial score (nSPS) is 21.0. The molecule has 1 aliphatic rings. The average Bonchev–Trinajstić information content (AvgIpc) is 2.86. The van der Waals surface area contributed by atoms with Crippen molar-refractivity contribution in [2.24, 2.45) is 0 Å². The van der Waals surface area contributed by atoms with Crippen LogP contribution < -0.4 is 4.90 Å². The smallest absolute Gasteiger partial charge is 0.138 e. The van der Waals surface area contributed by atoms with Crippen LogP contribution in [0.2, 0.25) is 0 Å². The first-order valence-corrected chi connectivity index (χ1v) is 6.20. The third kappa shape index (κ3) is 1.78. The maximum Gasteiger partial charge on any atom is 0.138 e. The molecule has 3 rings (SSSR count). The van der Waals surface area contributed by atoms with Gasteiger partial charge in [-0.2, -0.15) is 0 Å². The molecule has 0 spiro atoms. The van der Waals surface area contributed by atoms with Crippen molar-refractivity contribution in [3.63, 3.8) is 0 Å². The highest BCUT2D eigenvalue weighted by Crippen LogP contribution is 2.25. The molecule has 0 aromatic carbocycles. The Morgan fingerprint density at radius 2 is 2.29 bits per heavy atom. The quantitative estimate of drug-likeness (QED) is 0.855. The number of rotatable bonds is 2. The summed E-state index contributed by atoms with van der Waals surface area (Å²) in [7, 11) is 0. The fourth-order valence-electron chi connectivity index (χ4n) is 2.66. The van der Waals surface area contributed by atoms with Gasteiger partial charge in [0.25, 0.3) is 0 Å². The van der Waals surface area contributed by atoms with E-state index >= 15 is 0 Å². The second-order valence-corrected chi connectivity index (χ2v) is 4.56. The van der Waals surface area contributed by atoms with Crippen LogP contribution in [0.5, 0.6) is 0 Å². The first-order chi connectivity index (χ1) is 8.40. The lowest BCUT2D eigenvalue weighted by Gasteiger charge is -2.36. The summed E-state index contributed by atoms with van der Waals surface area (Å²) in [5.41, 5.74) is 0.963. The molecule has 0 radical (unpaired) electrons. The van der Waals surface area contributed by atoms with E-state index in [-0.39, 0.29) is 12.6 Å². The Hall–Kier alpha value is -1.55. The molecule has 2 aromatic rings. The minimum Gasteiger partial charge on any atom is -0.394 e. The molecule has 0 amide bonds. The molecule has 2 aromatic heterocycles. The summed E-state index contributed by atoms with van der Waals surface area (Å²) in [4.78, 5) is 6.60. The van der Waals surface area contributed by atoms with Gasteiger partial charge in [-0.05, 0) is 31.4 Å². The van der Waals surface area contributed by atoms with Gasteiger partial charge in [0.2, 0.25) is 0 Å². The maximum atomic E-state index is 9.48. The van der Waals surface area contributed by atoms with Crippen LogP contribution in [-0.4, -0.2) is 33.7 Å². The van der Waals surface area contributed by atoms with Crippen LogP contribution in [0.25, 0.3) is 5.65 Å². The maximum absolute atomic E-state index is 9.48. The number of aliphatic hydroxyl groups excluding tert-OH is 1. The Kier molecular flexibility index (Phi) is 2.73. The number of hydrogen-bond acceptors (Lipinski definition) is 3. The molecule has 1 unspecified atom stereocenters. The summed E-state index contributed by atoms with van der Waals surface area (Å²) >= 11 is 0. The third-order valence-electron chi connectivity index (χ3n) is 3.54. The summed E-state index contributed by atoms with van der Waals surface area (Å²) < 4.78 is 2.09. The number of pyridine rings is 1. The zero-order valence-corrected chi connectivity index (χ0v) is 9.79. The van der Waals surface area contributed by atoms with Crippen LogP contribution in [0.1, 0.15) is 19.3 Å². The topological polar surface area (TPSA) is 40.8 Å². The van der Waals surface area contributed by atoms with E-state index in [0.717, 1.165) is 24.4 Å². The molecule has 3 heterocycles. The van der Waals surface area contributed by atoms with Crippen LogP contribution >= 0.6 is 0 Å².